The van der Waals surface area contributed by atoms with Gasteiger partial charge in [-0.3, -0.25) is 4.79 Å². The fourth-order valence-corrected chi connectivity index (χ4v) is 5.03. The highest BCUT2D eigenvalue weighted by atomic mass is 35.5. The van der Waals surface area contributed by atoms with Gasteiger partial charge in [0.1, 0.15) is 12.4 Å². The van der Waals surface area contributed by atoms with Crippen LogP contribution >= 0.6 is 23.4 Å². The van der Waals surface area contributed by atoms with Gasteiger partial charge in [0.25, 0.3) is 0 Å². The molecule has 0 aliphatic rings. The van der Waals surface area contributed by atoms with Crippen molar-refractivity contribution in [1.29, 1.82) is 0 Å². The molecule has 0 aliphatic carbocycles. The van der Waals surface area contributed by atoms with Gasteiger partial charge in [0.2, 0.25) is 0 Å². The largest absolute Gasteiger partial charge is 0.489 e. The third kappa shape index (κ3) is 8.24. The number of ether oxygens (including phenoxy) is 1. The Bertz CT molecular complexity index is 1110. The molecule has 178 valence electrons. The molecule has 0 radical (unpaired) electrons. The molecule has 3 N–H and O–H groups in total. The van der Waals surface area contributed by atoms with Gasteiger partial charge >= 0.3 is 5.97 Å². The van der Waals surface area contributed by atoms with Crippen molar-refractivity contribution in [2.24, 2.45) is 5.73 Å². The van der Waals surface area contributed by atoms with Crippen LogP contribution in [-0.2, 0) is 17.8 Å². The predicted octanol–water partition coefficient (Wildman–Crippen LogP) is 7.14. The van der Waals surface area contributed by atoms with Crippen LogP contribution in [0.5, 0.6) is 5.75 Å². The van der Waals surface area contributed by atoms with E-state index in [1.807, 2.05) is 66.7 Å². The van der Waals surface area contributed by atoms with E-state index in [0.717, 1.165) is 39.5 Å². The van der Waals surface area contributed by atoms with Gasteiger partial charge in [-0.05, 0) is 67.1 Å². The maximum absolute atomic E-state index is 11.1. The molecule has 0 amide bonds. The molecule has 0 aliphatic heterocycles. The van der Waals surface area contributed by atoms with E-state index in [-0.39, 0.29) is 6.42 Å². The van der Waals surface area contributed by atoms with Gasteiger partial charge in [0, 0.05) is 20.4 Å². The fraction of sp³-hybridized carbons (Fsp3) is 0.250. The molecule has 0 saturated carbocycles. The van der Waals surface area contributed by atoms with Gasteiger partial charge in [-0.25, -0.2) is 0 Å². The molecule has 0 saturated heterocycles. The molecule has 0 fully saturated rings. The first-order chi connectivity index (χ1) is 16.4. The van der Waals surface area contributed by atoms with Crippen LogP contribution in [0.1, 0.15) is 36.8 Å². The number of rotatable bonds is 13. The zero-order valence-corrected chi connectivity index (χ0v) is 20.7. The summed E-state index contributed by atoms with van der Waals surface area (Å²) in [7, 11) is 0. The van der Waals surface area contributed by atoms with E-state index in [1.165, 1.54) is 0 Å². The molecule has 0 spiro atoms. The Labute approximate surface area is 210 Å². The van der Waals surface area contributed by atoms with Gasteiger partial charge in [-0.1, -0.05) is 71.9 Å². The molecule has 0 heterocycles. The number of carbonyl (C=O) groups is 1. The molecule has 3 aromatic carbocycles. The van der Waals surface area contributed by atoms with Gasteiger partial charge in [0.15, 0.2) is 0 Å². The lowest BCUT2D eigenvalue weighted by atomic mass is 9.86. The summed E-state index contributed by atoms with van der Waals surface area (Å²) in [6.45, 7) is 4.23. The van der Waals surface area contributed by atoms with Gasteiger partial charge in [0.05, 0.1) is 6.42 Å². The number of hydrogen-bond acceptors (Lipinski definition) is 4. The zero-order valence-electron chi connectivity index (χ0n) is 19.1. The van der Waals surface area contributed by atoms with E-state index >= 15 is 0 Å². The number of nitrogens with two attached hydrogens (primary N) is 1. The minimum Gasteiger partial charge on any atom is -0.489 e. The normalized spacial score (nSPS) is 12.6. The average Bonchev–Trinajstić information content (AvgIpc) is 2.80. The number of halogens is 1. The standard InChI is InChI=1S/C28H30ClNO3S/c1-2-15-28(30,19-27(31)32)16-7-10-22-13-14-25(18-26(22)29)34-24-12-6-11-23(17-24)33-20-21-8-4-3-5-9-21/h2-6,8-9,11-14,17-18H,1,7,10,15-16,19-20,30H2,(H,31,32). The van der Waals surface area contributed by atoms with E-state index in [1.54, 1.807) is 17.8 Å². The zero-order chi connectivity index (χ0) is 24.4. The van der Waals surface area contributed by atoms with Crippen LogP contribution in [0.3, 0.4) is 0 Å². The lowest BCUT2D eigenvalue weighted by Crippen LogP contribution is -2.41. The van der Waals surface area contributed by atoms with Crippen LogP contribution in [0.15, 0.2) is 95.2 Å². The summed E-state index contributed by atoms with van der Waals surface area (Å²) in [4.78, 5) is 13.3. The second-order valence-electron chi connectivity index (χ2n) is 8.38. The van der Waals surface area contributed by atoms with E-state index in [0.29, 0.717) is 24.5 Å². The minimum absolute atomic E-state index is 0.0730. The third-order valence-corrected chi connectivity index (χ3v) is 6.82. The Morgan fingerprint density at radius 3 is 2.56 bits per heavy atom. The monoisotopic (exact) mass is 495 g/mol. The SMILES string of the molecule is C=CCC(N)(CCCc1ccc(Sc2cccc(OCc3ccccc3)c2)cc1Cl)CC(=O)O. The number of aliphatic carboxylic acids is 1. The minimum atomic E-state index is -0.890. The number of hydrogen-bond donors (Lipinski definition) is 2. The summed E-state index contributed by atoms with van der Waals surface area (Å²) in [5.74, 6) is -0.0685. The molecule has 0 bridgehead atoms. The molecule has 4 nitrogen and oxygen atoms in total. The van der Waals surface area contributed by atoms with Crippen LogP contribution in [0, 0.1) is 0 Å². The van der Waals surface area contributed by atoms with Crippen molar-refractivity contribution >= 4 is 29.3 Å². The Morgan fingerprint density at radius 2 is 1.85 bits per heavy atom. The highest BCUT2D eigenvalue weighted by Crippen LogP contribution is 2.33. The van der Waals surface area contributed by atoms with Crippen molar-refractivity contribution in [3.05, 3.63) is 102 Å². The molecule has 0 aromatic heterocycles. The van der Waals surface area contributed by atoms with E-state index in [2.05, 4.69) is 12.6 Å². The number of carboxylic acids is 1. The Morgan fingerprint density at radius 1 is 1.09 bits per heavy atom. The van der Waals surface area contributed by atoms with E-state index in [9.17, 15) is 4.79 Å². The van der Waals surface area contributed by atoms with E-state index in [4.69, 9.17) is 27.2 Å². The molecular weight excluding hydrogens is 466 g/mol. The van der Waals surface area contributed by atoms with Gasteiger partial charge in [-0.15, -0.1) is 6.58 Å². The lowest BCUT2D eigenvalue weighted by molar-refractivity contribution is -0.138. The van der Waals surface area contributed by atoms with Crippen molar-refractivity contribution in [3.63, 3.8) is 0 Å². The fourth-order valence-electron chi connectivity index (χ4n) is 3.78. The molecule has 3 rings (SSSR count). The molecule has 3 aromatic rings. The second kappa shape index (κ2) is 12.7. The van der Waals surface area contributed by atoms with Crippen molar-refractivity contribution in [2.75, 3.05) is 0 Å². The smallest absolute Gasteiger partial charge is 0.305 e. The van der Waals surface area contributed by atoms with Crippen LogP contribution < -0.4 is 10.5 Å². The van der Waals surface area contributed by atoms with Gasteiger partial charge in [-0.2, -0.15) is 0 Å². The molecule has 6 heteroatoms. The molecule has 1 unspecified atom stereocenters. The number of carboxylic acid groups (broad SMARTS) is 1. The first-order valence-electron chi connectivity index (χ1n) is 11.2. The van der Waals surface area contributed by atoms with Crippen LogP contribution in [-0.4, -0.2) is 16.6 Å². The maximum atomic E-state index is 11.1. The third-order valence-electron chi connectivity index (χ3n) is 5.49. The molecule has 34 heavy (non-hydrogen) atoms. The highest BCUT2D eigenvalue weighted by molar-refractivity contribution is 7.99. The number of aryl methyl sites for hydroxylation is 1. The van der Waals surface area contributed by atoms with Crippen LogP contribution in [0.4, 0.5) is 0 Å². The Hall–Kier alpha value is -2.73. The second-order valence-corrected chi connectivity index (χ2v) is 9.94. The quantitative estimate of drug-likeness (QED) is 0.246. The Balaban J connectivity index is 1.56. The lowest BCUT2D eigenvalue weighted by Gasteiger charge is -2.26. The summed E-state index contributed by atoms with van der Waals surface area (Å²) in [5.41, 5.74) is 7.67. The number of benzene rings is 3. The topological polar surface area (TPSA) is 72.5 Å². The summed E-state index contributed by atoms with van der Waals surface area (Å²) < 4.78 is 5.93. The summed E-state index contributed by atoms with van der Waals surface area (Å²) in [6, 6.07) is 24.1. The van der Waals surface area contributed by atoms with Crippen molar-refractivity contribution in [1.82, 2.24) is 0 Å². The van der Waals surface area contributed by atoms with Crippen molar-refractivity contribution in [3.8, 4) is 5.75 Å². The summed E-state index contributed by atoms with van der Waals surface area (Å²) in [5, 5.41) is 9.84. The average molecular weight is 496 g/mol. The van der Waals surface area contributed by atoms with Crippen molar-refractivity contribution in [2.45, 2.75) is 54.0 Å². The summed E-state index contributed by atoms with van der Waals surface area (Å²) in [6.07, 6.45) is 4.16. The van der Waals surface area contributed by atoms with E-state index < -0.39 is 11.5 Å². The maximum Gasteiger partial charge on any atom is 0.305 e. The first-order valence-corrected chi connectivity index (χ1v) is 12.4. The van der Waals surface area contributed by atoms with Crippen molar-refractivity contribution < 1.29 is 14.6 Å². The molecular formula is C28H30ClNO3S. The Kier molecular flexibility index (Phi) is 9.63. The van der Waals surface area contributed by atoms with Gasteiger partial charge < -0.3 is 15.6 Å². The van der Waals surface area contributed by atoms with Crippen LogP contribution in [0.2, 0.25) is 5.02 Å². The molecule has 1 atom stereocenters. The van der Waals surface area contributed by atoms with Crippen LogP contribution in [0.25, 0.3) is 0 Å². The highest BCUT2D eigenvalue weighted by Gasteiger charge is 2.26. The summed E-state index contributed by atoms with van der Waals surface area (Å²) >= 11 is 8.19. The first kappa shape index (κ1) is 25.9. The predicted molar refractivity (Wildman–Crippen MR) is 140 cm³/mol.